The summed E-state index contributed by atoms with van der Waals surface area (Å²) < 4.78 is 5.33. The van der Waals surface area contributed by atoms with Crippen molar-refractivity contribution in [1.82, 2.24) is 0 Å². The van der Waals surface area contributed by atoms with Gasteiger partial charge in [0, 0.05) is 5.56 Å². The molecule has 0 atom stereocenters. The number of benzene rings is 1. The van der Waals surface area contributed by atoms with Crippen molar-refractivity contribution in [2.75, 3.05) is 19.1 Å². The number of carbonyl (C=O) groups is 1. The Hall–Kier alpha value is -0.960. The van der Waals surface area contributed by atoms with Gasteiger partial charge in [-0.1, -0.05) is 0 Å². The Bertz CT molecular complexity index is 411. The lowest BCUT2D eigenvalue weighted by molar-refractivity contribution is 0.102. The molecule has 88 valence electrons. The van der Waals surface area contributed by atoms with Crippen molar-refractivity contribution in [2.24, 2.45) is 0 Å². The summed E-state index contributed by atoms with van der Waals surface area (Å²) in [5.41, 5.74) is 3.94. The van der Waals surface area contributed by atoms with E-state index >= 15 is 0 Å². The molecule has 0 bridgehead atoms. The number of Topliss-reactive ketones (excluding diaryl/α,β-unsaturated/α-hetero) is 1. The lowest BCUT2D eigenvalue weighted by Crippen LogP contribution is -2.07. The number of hydrogen-bond acceptors (Lipinski definition) is 3. The van der Waals surface area contributed by atoms with Crippen LogP contribution in [0.1, 0.15) is 27.0 Å². The minimum Gasteiger partial charge on any atom is -0.496 e. The number of thioether (sulfide) groups is 1. The van der Waals surface area contributed by atoms with Gasteiger partial charge in [-0.3, -0.25) is 4.79 Å². The summed E-state index contributed by atoms with van der Waals surface area (Å²) in [5.74, 6) is 1.61. The van der Waals surface area contributed by atoms with Crippen LogP contribution in [0.4, 0.5) is 0 Å². The van der Waals surface area contributed by atoms with Gasteiger partial charge in [0.25, 0.3) is 0 Å². The number of ether oxygens (including phenoxy) is 1. The molecule has 0 radical (unpaired) electrons. The van der Waals surface area contributed by atoms with Crippen LogP contribution in [0.3, 0.4) is 0 Å². The van der Waals surface area contributed by atoms with E-state index in [0.717, 1.165) is 28.0 Å². The molecule has 1 aromatic carbocycles. The lowest BCUT2D eigenvalue weighted by Gasteiger charge is -2.14. The molecule has 0 saturated carbocycles. The third-order valence-electron chi connectivity index (χ3n) is 2.81. The van der Waals surface area contributed by atoms with E-state index in [4.69, 9.17) is 4.74 Å². The first-order valence-electron chi connectivity index (χ1n) is 5.19. The van der Waals surface area contributed by atoms with Gasteiger partial charge in [-0.2, -0.15) is 11.8 Å². The molecular formula is C13H18O2S. The highest BCUT2D eigenvalue weighted by molar-refractivity contribution is 7.99. The first kappa shape index (κ1) is 13.1. The fourth-order valence-corrected chi connectivity index (χ4v) is 2.29. The van der Waals surface area contributed by atoms with Crippen LogP contribution >= 0.6 is 11.8 Å². The van der Waals surface area contributed by atoms with E-state index in [-0.39, 0.29) is 5.78 Å². The first-order valence-corrected chi connectivity index (χ1v) is 6.59. The molecule has 0 heterocycles. The van der Waals surface area contributed by atoms with Crippen molar-refractivity contribution in [3.63, 3.8) is 0 Å². The van der Waals surface area contributed by atoms with Gasteiger partial charge in [0.2, 0.25) is 0 Å². The molecule has 16 heavy (non-hydrogen) atoms. The number of aryl methyl sites for hydroxylation is 1. The molecule has 0 amide bonds. The molecule has 0 aromatic heterocycles. The van der Waals surface area contributed by atoms with Crippen LogP contribution in [0.5, 0.6) is 5.75 Å². The second kappa shape index (κ2) is 5.39. The van der Waals surface area contributed by atoms with Gasteiger partial charge >= 0.3 is 0 Å². The van der Waals surface area contributed by atoms with Gasteiger partial charge in [0.1, 0.15) is 5.75 Å². The summed E-state index contributed by atoms with van der Waals surface area (Å²) in [6.07, 6.45) is 1.94. The van der Waals surface area contributed by atoms with Crippen LogP contribution in [0.25, 0.3) is 0 Å². The van der Waals surface area contributed by atoms with E-state index in [1.807, 2.05) is 33.1 Å². The standard InChI is InChI=1S/C13H18O2S/c1-8-6-11(12(14)7-16-5)9(2)10(3)13(8)15-4/h6H,7H2,1-5H3. The molecule has 0 fully saturated rings. The van der Waals surface area contributed by atoms with Crippen LogP contribution in [-0.4, -0.2) is 24.9 Å². The summed E-state index contributed by atoms with van der Waals surface area (Å²) >= 11 is 1.55. The molecule has 1 aromatic rings. The highest BCUT2D eigenvalue weighted by Gasteiger charge is 2.15. The van der Waals surface area contributed by atoms with Crippen molar-refractivity contribution < 1.29 is 9.53 Å². The van der Waals surface area contributed by atoms with Crippen LogP contribution in [0.15, 0.2) is 6.07 Å². The Morgan fingerprint density at radius 2 is 1.94 bits per heavy atom. The largest absolute Gasteiger partial charge is 0.496 e. The summed E-state index contributed by atoms with van der Waals surface area (Å²) in [6.45, 7) is 5.95. The summed E-state index contributed by atoms with van der Waals surface area (Å²) in [7, 11) is 1.66. The maximum Gasteiger partial charge on any atom is 0.172 e. The van der Waals surface area contributed by atoms with Crippen molar-refractivity contribution in [3.8, 4) is 5.75 Å². The Kier molecular flexibility index (Phi) is 4.42. The van der Waals surface area contributed by atoms with Crippen LogP contribution in [-0.2, 0) is 0 Å². The third kappa shape index (κ3) is 2.40. The summed E-state index contributed by atoms with van der Waals surface area (Å²) in [4.78, 5) is 11.9. The molecule has 0 unspecified atom stereocenters. The summed E-state index contributed by atoms with van der Waals surface area (Å²) in [6, 6.07) is 1.93. The fourth-order valence-electron chi connectivity index (χ4n) is 1.87. The van der Waals surface area contributed by atoms with Gasteiger partial charge < -0.3 is 4.74 Å². The Morgan fingerprint density at radius 3 is 2.44 bits per heavy atom. The van der Waals surface area contributed by atoms with Gasteiger partial charge in [-0.05, 0) is 49.8 Å². The number of hydrogen-bond donors (Lipinski definition) is 0. The zero-order valence-electron chi connectivity index (χ0n) is 10.5. The maximum atomic E-state index is 11.9. The van der Waals surface area contributed by atoms with Crippen LogP contribution in [0, 0.1) is 20.8 Å². The second-order valence-electron chi connectivity index (χ2n) is 3.88. The average Bonchev–Trinajstić information content (AvgIpc) is 2.24. The van der Waals surface area contributed by atoms with Crippen molar-refractivity contribution in [2.45, 2.75) is 20.8 Å². The van der Waals surface area contributed by atoms with E-state index in [0.29, 0.717) is 5.75 Å². The SMILES string of the molecule is COc1c(C)cc(C(=O)CSC)c(C)c1C. The van der Waals surface area contributed by atoms with E-state index in [9.17, 15) is 4.79 Å². The highest BCUT2D eigenvalue weighted by atomic mass is 32.2. The first-order chi connectivity index (χ1) is 7.52. The average molecular weight is 238 g/mol. The fraction of sp³-hybridized carbons (Fsp3) is 0.462. The predicted octanol–water partition coefficient (Wildman–Crippen LogP) is 3.17. The van der Waals surface area contributed by atoms with Gasteiger partial charge in [0.05, 0.1) is 12.9 Å². The normalized spacial score (nSPS) is 10.3. The highest BCUT2D eigenvalue weighted by Crippen LogP contribution is 2.29. The number of rotatable bonds is 4. The molecule has 2 nitrogen and oxygen atoms in total. The van der Waals surface area contributed by atoms with E-state index < -0.39 is 0 Å². The van der Waals surface area contributed by atoms with Crippen molar-refractivity contribution in [3.05, 3.63) is 28.3 Å². The van der Waals surface area contributed by atoms with Crippen molar-refractivity contribution >= 4 is 17.5 Å². The lowest BCUT2D eigenvalue weighted by atomic mass is 9.96. The van der Waals surface area contributed by atoms with E-state index in [1.165, 1.54) is 0 Å². The van der Waals surface area contributed by atoms with Gasteiger partial charge in [-0.25, -0.2) is 0 Å². The second-order valence-corrected chi connectivity index (χ2v) is 4.75. The topological polar surface area (TPSA) is 26.3 Å². The molecule has 0 spiro atoms. The smallest absolute Gasteiger partial charge is 0.172 e. The number of ketones is 1. The van der Waals surface area contributed by atoms with E-state index in [2.05, 4.69) is 0 Å². The Labute approximate surface area is 101 Å². The minimum atomic E-state index is 0.193. The Morgan fingerprint density at radius 1 is 1.31 bits per heavy atom. The predicted molar refractivity (Wildman–Crippen MR) is 69.9 cm³/mol. The minimum absolute atomic E-state index is 0.193. The van der Waals surface area contributed by atoms with Gasteiger partial charge in [0.15, 0.2) is 5.78 Å². The molecule has 0 aliphatic carbocycles. The third-order valence-corrected chi connectivity index (χ3v) is 3.36. The zero-order valence-corrected chi connectivity index (χ0v) is 11.3. The molecular weight excluding hydrogens is 220 g/mol. The van der Waals surface area contributed by atoms with Gasteiger partial charge in [-0.15, -0.1) is 0 Å². The molecule has 0 N–H and O–H groups in total. The van der Waals surface area contributed by atoms with Crippen LogP contribution < -0.4 is 4.74 Å². The van der Waals surface area contributed by atoms with E-state index in [1.54, 1.807) is 18.9 Å². The maximum absolute atomic E-state index is 11.9. The van der Waals surface area contributed by atoms with Crippen molar-refractivity contribution in [1.29, 1.82) is 0 Å². The zero-order chi connectivity index (χ0) is 12.3. The monoisotopic (exact) mass is 238 g/mol. The Balaban J connectivity index is 3.28. The summed E-state index contributed by atoms with van der Waals surface area (Å²) in [5, 5.41) is 0. The molecule has 1 rings (SSSR count). The molecule has 0 saturated heterocycles. The quantitative estimate of drug-likeness (QED) is 0.754. The molecule has 0 aliphatic rings. The number of methoxy groups -OCH3 is 1. The molecule has 3 heteroatoms. The van der Waals surface area contributed by atoms with Crippen LogP contribution in [0.2, 0.25) is 0 Å². The number of carbonyl (C=O) groups excluding carboxylic acids is 1. The molecule has 0 aliphatic heterocycles.